The fraction of sp³-hybridized carbons (Fsp3) is 0.400. The predicted octanol–water partition coefficient (Wildman–Crippen LogP) is 1.95. The van der Waals surface area contributed by atoms with Gasteiger partial charge in [0.1, 0.15) is 23.0 Å². The summed E-state index contributed by atoms with van der Waals surface area (Å²) in [5.74, 6) is -0.500. The van der Waals surface area contributed by atoms with Crippen LogP contribution in [-0.2, 0) is 16.1 Å². The Labute approximate surface area is 133 Å². The molecule has 0 saturated heterocycles. The minimum atomic E-state index is -0.701. The zero-order valence-electron chi connectivity index (χ0n) is 9.84. The smallest absolute Gasteiger partial charge is 0.323 e. The summed E-state index contributed by atoms with van der Waals surface area (Å²) in [6.45, 7) is 0.391. The molecule has 0 saturated carbocycles. The van der Waals surface area contributed by atoms with E-state index in [0.29, 0.717) is 18.5 Å². The second-order valence-corrected chi connectivity index (χ2v) is 4.19. The SMILES string of the molecule is Cl.Cl.NCC[C@H](N)C(=O)OCc1cc(Cl)nc(Cl)c1. The normalized spacial score (nSPS) is 10.9. The summed E-state index contributed by atoms with van der Waals surface area (Å²) in [7, 11) is 0. The molecule has 4 N–H and O–H groups in total. The van der Waals surface area contributed by atoms with Crippen molar-refractivity contribution in [2.75, 3.05) is 6.54 Å². The molecule has 1 rings (SSSR count). The van der Waals surface area contributed by atoms with Gasteiger partial charge < -0.3 is 16.2 Å². The Morgan fingerprint density at radius 1 is 1.32 bits per heavy atom. The van der Waals surface area contributed by atoms with E-state index in [1.165, 1.54) is 0 Å². The van der Waals surface area contributed by atoms with Crippen molar-refractivity contribution < 1.29 is 9.53 Å². The van der Waals surface area contributed by atoms with Gasteiger partial charge in [-0.25, -0.2) is 4.98 Å². The lowest BCUT2D eigenvalue weighted by Gasteiger charge is -2.10. The molecule has 1 atom stereocenters. The fourth-order valence-electron chi connectivity index (χ4n) is 1.16. The number of nitrogens with zero attached hydrogens (tertiary/aromatic N) is 1. The Bertz CT molecular complexity index is 386. The van der Waals surface area contributed by atoms with E-state index in [1.54, 1.807) is 12.1 Å². The molecule has 0 fully saturated rings. The summed E-state index contributed by atoms with van der Waals surface area (Å²) in [6, 6.07) is 2.43. The van der Waals surface area contributed by atoms with Crippen LogP contribution in [0, 0.1) is 0 Å². The molecular formula is C10H15Cl4N3O2. The van der Waals surface area contributed by atoms with Gasteiger partial charge in [0.25, 0.3) is 0 Å². The number of carbonyl (C=O) groups is 1. The molecule has 0 aliphatic heterocycles. The maximum atomic E-state index is 11.4. The van der Waals surface area contributed by atoms with Crippen molar-refractivity contribution in [1.82, 2.24) is 4.98 Å². The van der Waals surface area contributed by atoms with Crippen LogP contribution in [0.5, 0.6) is 0 Å². The lowest BCUT2D eigenvalue weighted by molar-refractivity contribution is -0.146. The lowest BCUT2D eigenvalue weighted by Crippen LogP contribution is -2.34. The molecule has 1 aromatic heterocycles. The molecule has 0 aliphatic rings. The third-order valence-electron chi connectivity index (χ3n) is 1.98. The Balaban J connectivity index is 0. The minimum absolute atomic E-state index is 0. The van der Waals surface area contributed by atoms with Crippen LogP contribution in [0.3, 0.4) is 0 Å². The van der Waals surface area contributed by atoms with Crippen LogP contribution >= 0.6 is 48.0 Å². The van der Waals surface area contributed by atoms with E-state index in [9.17, 15) is 4.79 Å². The van der Waals surface area contributed by atoms with Crippen LogP contribution in [0.1, 0.15) is 12.0 Å². The fourth-order valence-corrected chi connectivity index (χ4v) is 1.66. The van der Waals surface area contributed by atoms with Gasteiger partial charge in [-0.15, -0.1) is 24.8 Å². The highest BCUT2D eigenvalue weighted by atomic mass is 35.5. The Kier molecular flexibility index (Phi) is 11.6. The maximum absolute atomic E-state index is 11.4. The molecule has 0 aliphatic carbocycles. The zero-order chi connectivity index (χ0) is 12.8. The minimum Gasteiger partial charge on any atom is -0.460 e. The Morgan fingerprint density at radius 3 is 2.32 bits per heavy atom. The number of hydrogen-bond acceptors (Lipinski definition) is 5. The molecule has 1 heterocycles. The molecule has 9 heteroatoms. The van der Waals surface area contributed by atoms with Crippen LogP contribution in [0.15, 0.2) is 12.1 Å². The van der Waals surface area contributed by atoms with Gasteiger partial charge in [0.05, 0.1) is 0 Å². The van der Waals surface area contributed by atoms with E-state index >= 15 is 0 Å². The Morgan fingerprint density at radius 2 is 1.84 bits per heavy atom. The van der Waals surface area contributed by atoms with Crippen LogP contribution in [0.25, 0.3) is 0 Å². The second-order valence-electron chi connectivity index (χ2n) is 3.41. The third kappa shape index (κ3) is 7.77. The van der Waals surface area contributed by atoms with Crippen molar-refractivity contribution in [2.45, 2.75) is 19.1 Å². The lowest BCUT2D eigenvalue weighted by atomic mass is 10.2. The van der Waals surface area contributed by atoms with Crippen molar-refractivity contribution in [2.24, 2.45) is 11.5 Å². The number of carbonyl (C=O) groups excluding carboxylic acids is 1. The van der Waals surface area contributed by atoms with Crippen LogP contribution in [0.4, 0.5) is 0 Å². The summed E-state index contributed by atoms with van der Waals surface area (Å²) in [5.41, 5.74) is 11.5. The monoisotopic (exact) mass is 349 g/mol. The van der Waals surface area contributed by atoms with Crippen LogP contribution in [-0.4, -0.2) is 23.5 Å². The van der Waals surface area contributed by atoms with Gasteiger partial charge in [-0.1, -0.05) is 23.2 Å². The molecule has 110 valence electrons. The van der Waals surface area contributed by atoms with Gasteiger partial charge in [0, 0.05) is 0 Å². The number of pyridine rings is 1. The molecule has 0 unspecified atom stereocenters. The molecular weight excluding hydrogens is 336 g/mol. The summed E-state index contributed by atoms with van der Waals surface area (Å²) in [5, 5.41) is 0.490. The average Bonchev–Trinajstić information content (AvgIpc) is 2.25. The van der Waals surface area contributed by atoms with Gasteiger partial charge in [0.15, 0.2) is 0 Å². The van der Waals surface area contributed by atoms with Gasteiger partial charge in [-0.05, 0) is 30.7 Å². The predicted molar refractivity (Wildman–Crippen MR) is 80.2 cm³/mol. The van der Waals surface area contributed by atoms with E-state index < -0.39 is 12.0 Å². The maximum Gasteiger partial charge on any atom is 0.323 e. The summed E-state index contributed by atoms with van der Waals surface area (Å²) in [6.07, 6.45) is 0.386. The van der Waals surface area contributed by atoms with Crippen molar-refractivity contribution in [3.63, 3.8) is 0 Å². The van der Waals surface area contributed by atoms with Gasteiger partial charge in [-0.2, -0.15) is 0 Å². The number of nitrogens with two attached hydrogens (primary N) is 2. The third-order valence-corrected chi connectivity index (χ3v) is 2.37. The van der Waals surface area contributed by atoms with Crippen LogP contribution in [0.2, 0.25) is 10.3 Å². The molecule has 0 bridgehead atoms. The average molecular weight is 351 g/mol. The number of esters is 1. The second kappa shape index (κ2) is 10.5. The standard InChI is InChI=1S/C10H13Cl2N3O2.2ClH/c11-8-3-6(4-9(12)15-8)5-17-10(16)7(14)1-2-13;;/h3-4,7H,1-2,5,13-14H2;2*1H/t7-;;/m0../s1. The van der Waals surface area contributed by atoms with E-state index in [-0.39, 0.29) is 41.7 Å². The first-order chi connectivity index (χ1) is 8.02. The highest BCUT2D eigenvalue weighted by Gasteiger charge is 2.14. The summed E-state index contributed by atoms with van der Waals surface area (Å²) < 4.78 is 4.99. The number of hydrogen-bond donors (Lipinski definition) is 2. The van der Waals surface area contributed by atoms with Crippen molar-refractivity contribution in [1.29, 1.82) is 0 Å². The quantitative estimate of drug-likeness (QED) is 0.625. The molecule has 1 aromatic rings. The summed E-state index contributed by atoms with van der Waals surface area (Å²) in [4.78, 5) is 15.2. The zero-order valence-corrected chi connectivity index (χ0v) is 13.0. The van der Waals surface area contributed by atoms with E-state index in [4.69, 9.17) is 39.4 Å². The Hall–Kier alpha value is -0.300. The van der Waals surface area contributed by atoms with Gasteiger partial charge in [-0.3, -0.25) is 4.79 Å². The first-order valence-electron chi connectivity index (χ1n) is 4.97. The largest absolute Gasteiger partial charge is 0.460 e. The highest BCUT2D eigenvalue weighted by molar-refractivity contribution is 6.32. The summed E-state index contributed by atoms with van der Waals surface area (Å²) >= 11 is 11.4. The van der Waals surface area contributed by atoms with Crippen molar-refractivity contribution >= 4 is 54.0 Å². The number of aromatic nitrogens is 1. The molecule has 0 aromatic carbocycles. The molecule has 0 spiro atoms. The van der Waals surface area contributed by atoms with Crippen molar-refractivity contribution in [3.8, 4) is 0 Å². The molecule has 19 heavy (non-hydrogen) atoms. The number of halogens is 4. The van der Waals surface area contributed by atoms with E-state index in [1.807, 2.05) is 0 Å². The van der Waals surface area contributed by atoms with Crippen molar-refractivity contribution in [3.05, 3.63) is 28.0 Å². The van der Waals surface area contributed by atoms with Crippen LogP contribution < -0.4 is 11.5 Å². The van der Waals surface area contributed by atoms with E-state index in [2.05, 4.69) is 4.98 Å². The molecule has 0 amide bonds. The van der Waals surface area contributed by atoms with Gasteiger partial charge >= 0.3 is 5.97 Å². The topological polar surface area (TPSA) is 91.2 Å². The number of rotatable bonds is 5. The highest BCUT2D eigenvalue weighted by Crippen LogP contribution is 2.15. The molecule has 5 nitrogen and oxygen atoms in total. The number of ether oxygens (including phenoxy) is 1. The first kappa shape index (κ1) is 21.0. The first-order valence-corrected chi connectivity index (χ1v) is 5.72. The van der Waals surface area contributed by atoms with E-state index in [0.717, 1.165) is 0 Å². The van der Waals surface area contributed by atoms with Gasteiger partial charge in [0.2, 0.25) is 0 Å². The molecule has 0 radical (unpaired) electrons.